The Hall–Kier alpha value is -2.50. The maximum atomic E-state index is 12.4. The van der Waals surface area contributed by atoms with E-state index in [1.807, 2.05) is 18.5 Å². The predicted octanol–water partition coefficient (Wildman–Crippen LogP) is 2.15. The zero-order chi connectivity index (χ0) is 21.8. The Morgan fingerprint density at radius 2 is 1.91 bits per heavy atom. The smallest absolute Gasteiger partial charge is 0.261 e. The van der Waals surface area contributed by atoms with Gasteiger partial charge in [0, 0.05) is 32.1 Å². The van der Waals surface area contributed by atoms with Crippen LogP contribution in [0, 0.1) is 6.92 Å². The first kappa shape index (κ1) is 24.1. The van der Waals surface area contributed by atoms with Crippen molar-refractivity contribution in [3.8, 4) is 0 Å². The van der Waals surface area contributed by atoms with Crippen LogP contribution in [0.3, 0.4) is 0 Å². The minimum atomic E-state index is -0.195. The molecule has 1 unspecified atom stereocenters. The number of unbranched alkanes of at least 4 members (excludes halogenated alkanes) is 1. The fourth-order valence-corrected chi connectivity index (χ4v) is 4.08. The van der Waals surface area contributed by atoms with E-state index in [0.29, 0.717) is 24.2 Å². The van der Waals surface area contributed by atoms with Gasteiger partial charge in [0.05, 0.1) is 17.7 Å². The summed E-state index contributed by atoms with van der Waals surface area (Å²) in [4.78, 5) is 35.3. The lowest BCUT2D eigenvalue weighted by molar-refractivity contribution is 0.0652. The number of halogens is 1. The molecule has 1 atom stereocenters. The fraction of sp³-hybridized carbons (Fsp3) is 0.500. The van der Waals surface area contributed by atoms with Gasteiger partial charge in [0.2, 0.25) is 0 Å². The zero-order valence-electron chi connectivity index (χ0n) is 18.5. The van der Waals surface area contributed by atoms with Crippen molar-refractivity contribution in [2.45, 2.75) is 52.1 Å². The molecular formula is C22H30IN7O2. The number of hydrogen-bond acceptors (Lipinski definition) is 5. The van der Waals surface area contributed by atoms with Gasteiger partial charge in [0.1, 0.15) is 11.6 Å². The summed E-state index contributed by atoms with van der Waals surface area (Å²) >= 11 is 0. The first-order valence-corrected chi connectivity index (χ1v) is 11.0. The van der Waals surface area contributed by atoms with Crippen LogP contribution in [0.4, 0.5) is 0 Å². The number of fused-ring (bicyclic) bond motifs is 2. The Kier molecular flexibility index (Phi) is 8.21. The molecule has 9 nitrogen and oxygen atoms in total. The molecule has 0 aliphatic carbocycles. The molecule has 3 heterocycles. The van der Waals surface area contributed by atoms with E-state index in [4.69, 9.17) is 0 Å². The molecule has 32 heavy (non-hydrogen) atoms. The summed E-state index contributed by atoms with van der Waals surface area (Å²) in [5.74, 6) is 2.26. The number of aromatic nitrogens is 3. The lowest BCUT2D eigenvalue weighted by Crippen LogP contribution is -2.47. The molecule has 0 saturated carbocycles. The van der Waals surface area contributed by atoms with Crippen molar-refractivity contribution in [1.82, 2.24) is 30.3 Å². The van der Waals surface area contributed by atoms with Gasteiger partial charge < -0.3 is 10.6 Å². The number of benzene rings is 1. The molecule has 0 radical (unpaired) electrons. The Morgan fingerprint density at radius 3 is 2.59 bits per heavy atom. The van der Waals surface area contributed by atoms with Gasteiger partial charge in [-0.1, -0.05) is 12.1 Å². The molecule has 172 valence electrons. The Balaban J connectivity index is 0.00000289. The minimum Gasteiger partial charge on any atom is -0.357 e. The SMILES string of the molecule is CCNC(=NCCCCN1C(=O)c2ccccc2C1=O)NC1CCc2nc(C)nn2C1.I. The highest BCUT2D eigenvalue weighted by molar-refractivity contribution is 14.0. The second kappa shape index (κ2) is 10.9. The molecule has 0 fully saturated rings. The Morgan fingerprint density at radius 1 is 1.19 bits per heavy atom. The van der Waals surface area contributed by atoms with E-state index in [2.05, 4.69) is 25.7 Å². The topological polar surface area (TPSA) is 105 Å². The number of nitrogens with zero attached hydrogens (tertiary/aromatic N) is 5. The summed E-state index contributed by atoms with van der Waals surface area (Å²) in [5, 5.41) is 11.2. The number of amides is 2. The number of rotatable bonds is 7. The molecular weight excluding hydrogens is 521 g/mol. The van der Waals surface area contributed by atoms with E-state index in [9.17, 15) is 9.59 Å². The maximum Gasteiger partial charge on any atom is 0.261 e. The number of carbonyl (C=O) groups is 2. The molecule has 0 bridgehead atoms. The summed E-state index contributed by atoms with van der Waals surface area (Å²) in [6.07, 6.45) is 3.40. The van der Waals surface area contributed by atoms with E-state index in [1.165, 1.54) is 4.90 Å². The molecule has 4 rings (SSSR count). The van der Waals surface area contributed by atoms with Crippen LogP contribution in [0.5, 0.6) is 0 Å². The zero-order valence-corrected chi connectivity index (χ0v) is 20.8. The second-order valence-corrected chi connectivity index (χ2v) is 7.91. The van der Waals surface area contributed by atoms with Crippen LogP contribution < -0.4 is 10.6 Å². The summed E-state index contributed by atoms with van der Waals surface area (Å²) < 4.78 is 1.97. The summed E-state index contributed by atoms with van der Waals surface area (Å²) in [6, 6.07) is 7.25. The normalized spacial score (nSPS) is 17.6. The standard InChI is InChI=1S/C22H29N7O2.HI/c1-3-23-22(26-16-10-11-19-25-15(2)27-29(19)14-16)24-12-6-7-13-28-20(30)17-8-4-5-9-18(17)21(28)31;/h4-5,8-9,16H,3,6-7,10-14H2,1-2H3,(H2,23,24,26);1H. The number of hydrogen-bond donors (Lipinski definition) is 2. The van der Waals surface area contributed by atoms with Crippen LogP contribution in [-0.2, 0) is 13.0 Å². The average Bonchev–Trinajstić information content (AvgIpc) is 3.25. The number of aliphatic imine (C=N–C) groups is 1. The van der Waals surface area contributed by atoms with E-state index >= 15 is 0 Å². The highest BCUT2D eigenvalue weighted by Crippen LogP contribution is 2.22. The lowest BCUT2D eigenvalue weighted by atomic mass is 10.1. The molecule has 10 heteroatoms. The first-order chi connectivity index (χ1) is 15.1. The van der Waals surface area contributed by atoms with Crippen LogP contribution in [-0.4, -0.2) is 63.1 Å². The van der Waals surface area contributed by atoms with Crippen molar-refractivity contribution in [3.05, 3.63) is 47.0 Å². The highest BCUT2D eigenvalue weighted by Gasteiger charge is 2.34. The van der Waals surface area contributed by atoms with Crippen LogP contribution in [0.1, 0.15) is 58.6 Å². The third kappa shape index (κ3) is 5.28. The van der Waals surface area contributed by atoms with Crippen molar-refractivity contribution < 1.29 is 9.59 Å². The Labute approximate surface area is 205 Å². The number of carbonyl (C=O) groups excluding carboxylic acids is 2. The third-order valence-electron chi connectivity index (χ3n) is 5.59. The van der Waals surface area contributed by atoms with Crippen LogP contribution in [0.15, 0.2) is 29.3 Å². The highest BCUT2D eigenvalue weighted by atomic mass is 127. The Bertz CT molecular complexity index is 969. The number of nitrogens with one attached hydrogen (secondary N) is 2. The quantitative estimate of drug-likeness (QED) is 0.180. The van der Waals surface area contributed by atoms with E-state index in [1.54, 1.807) is 24.3 Å². The molecule has 2 amide bonds. The third-order valence-corrected chi connectivity index (χ3v) is 5.59. The van der Waals surface area contributed by atoms with Gasteiger partial charge in [-0.15, -0.1) is 24.0 Å². The van der Waals surface area contributed by atoms with E-state index in [-0.39, 0.29) is 41.8 Å². The largest absolute Gasteiger partial charge is 0.357 e. The van der Waals surface area contributed by atoms with E-state index < -0.39 is 0 Å². The van der Waals surface area contributed by atoms with Crippen molar-refractivity contribution in [1.29, 1.82) is 0 Å². The number of aryl methyl sites for hydroxylation is 2. The fourth-order valence-electron chi connectivity index (χ4n) is 4.08. The molecule has 1 aromatic carbocycles. The van der Waals surface area contributed by atoms with Crippen molar-refractivity contribution in [2.24, 2.45) is 4.99 Å². The second-order valence-electron chi connectivity index (χ2n) is 7.91. The van der Waals surface area contributed by atoms with Gasteiger partial charge >= 0.3 is 0 Å². The lowest BCUT2D eigenvalue weighted by Gasteiger charge is -2.25. The van der Waals surface area contributed by atoms with Gasteiger partial charge in [-0.3, -0.25) is 19.5 Å². The molecule has 2 N–H and O–H groups in total. The maximum absolute atomic E-state index is 12.4. The van der Waals surface area contributed by atoms with Gasteiger partial charge in [0.15, 0.2) is 5.96 Å². The molecule has 2 aliphatic rings. The summed E-state index contributed by atoms with van der Waals surface area (Å²) in [6.45, 7) is 6.56. The van der Waals surface area contributed by atoms with Gasteiger partial charge in [-0.25, -0.2) is 9.67 Å². The van der Waals surface area contributed by atoms with Gasteiger partial charge in [-0.05, 0) is 45.2 Å². The first-order valence-electron chi connectivity index (χ1n) is 11.0. The van der Waals surface area contributed by atoms with Crippen LogP contribution >= 0.6 is 24.0 Å². The van der Waals surface area contributed by atoms with Crippen LogP contribution in [0.2, 0.25) is 0 Å². The summed E-state index contributed by atoms with van der Waals surface area (Å²) in [5.41, 5.74) is 1.00. The minimum absolute atomic E-state index is 0. The average molecular weight is 551 g/mol. The number of imide groups is 1. The van der Waals surface area contributed by atoms with Gasteiger partial charge in [0.25, 0.3) is 11.8 Å². The molecule has 0 spiro atoms. The molecule has 2 aliphatic heterocycles. The van der Waals surface area contributed by atoms with Gasteiger partial charge in [-0.2, -0.15) is 5.10 Å². The van der Waals surface area contributed by atoms with Crippen molar-refractivity contribution >= 4 is 41.8 Å². The predicted molar refractivity (Wildman–Crippen MR) is 132 cm³/mol. The van der Waals surface area contributed by atoms with Crippen LogP contribution in [0.25, 0.3) is 0 Å². The number of guanidine groups is 1. The molecule has 2 aromatic rings. The summed E-state index contributed by atoms with van der Waals surface area (Å²) in [7, 11) is 0. The van der Waals surface area contributed by atoms with E-state index in [0.717, 1.165) is 56.4 Å². The molecule has 0 saturated heterocycles. The monoisotopic (exact) mass is 551 g/mol. The van der Waals surface area contributed by atoms with Crippen molar-refractivity contribution in [2.75, 3.05) is 19.6 Å². The molecule has 1 aromatic heterocycles. The van der Waals surface area contributed by atoms with Crippen molar-refractivity contribution in [3.63, 3.8) is 0 Å².